The van der Waals surface area contributed by atoms with Gasteiger partial charge >= 0.3 is 0 Å². The topological polar surface area (TPSA) is 75.8 Å². The molecule has 0 bridgehead atoms. The van der Waals surface area contributed by atoms with Gasteiger partial charge in [-0.2, -0.15) is 0 Å². The zero-order valence-corrected chi connectivity index (χ0v) is 11.3. The summed E-state index contributed by atoms with van der Waals surface area (Å²) in [6, 6.07) is 7.21. The average molecular weight is 266 g/mol. The molecular weight excluding hydrogens is 244 g/mol. The van der Waals surface area contributed by atoms with Gasteiger partial charge in [0.25, 0.3) is 0 Å². The number of hydrogen-bond donors (Lipinski definition) is 2. The van der Waals surface area contributed by atoms with E-state index >= 15 is 0 Å². The van der Waals surface area contributed by atoms with E-state index in [9.17, 15) is 4.79 Å². The molecule has 5 nitrogen and oxygen atoms in total. The summed E-state index contributed by atoms with van der Waals surface area (Å²) in [5.41, 5.74) is 6.19. The van der Waals surface area contributed by atoms with Crippen LogP contribution in [0.4, 0.5) is 0 Å². The molecule has 1 rings (SSSR count). The molecule has 0 spiro atoms. The molecule has 0 aliphatic heterocycles. The number of rotatable bonds is 8. The predicted octanol–water partition coefficient (Wildman–Crippen LogP) is 0.755. The van der Waals surface area contributed by atoms with Crippen LogP contribution in [0.3, 0.4) is 0 Å². The molecule has 1 aromatic carbocycles. The molecule has 0 heterocycles. The molecule has 0 unspecified atom stereocenters. The van der Waals surface area contributed by atoms with Gasteiger partial charge in [0.2, 0.25) is 5.91 Å². The highest BCUT2D eigenvalue weighted by molar-refractivity contribution is 5.75. The first-order valence-corrected chi connectivity index (χ1v) is 6.44. The van der Waals surface area contributed by atoms with Gasteiger partial charge in [0, 0.05) is 13.6 Å². The lowest BCUT2D eigenvalue weighted by molar-refractivity contribution is -0.130. The summed E-state index contributed by atoms with van der Waals surface area (Å²) in [6.07, 6.45) is 1.14. The minimum absolute atomic E-state index is 0.0159. The standard InChI is InChI=1S/C14H22N2O3/c1-16(8-3-7-15)14(18)6-9-19-13-5-2-4-12(10-13)11-17/h2,4-5,10,17H,3,6-9,11,15H2,1H3. The molecule has 0 aromatic heterocycles. The molecule has 0 aliphatic carbocycles. The summed E-state index contributed by atoms with van der Waals surface area (Å²) in [6.45, 7) is 1.58. The van der Waals surface area contributed by atoms with Crippen LogP contribution in [0.2, 0.25) is 0 Å². The summed E-state index contributed by atoms with van der Waals surface area (Å²) in [5.74, 6) is 0.718. The van der Waals surface area contributed by atoms with Crippen LogP contribution in [0.5, 0.6) is 5.75 Å². The molecule has 1 aromatic rings. The first-order chi connectivity index (χ1) is 9.17. The zero-order chi connectivity index (χ0) is 14.1. The van der Waals surface area contributed by atoms with Crippen LogP contribution in [0.1, 0.15) is 18.4 Å². The van der Waals surface area contributed by atoms with Crippen molar-refractivity contribution in [2.45, 2.75) is 19.4 Å². The first kappa shape index (κ1) is 15.5. The van der Waals surface area contributed by atoms with Crippen molar-refractivity contribution in [2.75, 3.05) is 26.7 Å². The summed E-state index contributed by atoms with van der Waals surface area (Å²) >= 11 is 0. The van der Waals surface area contributed by atoms with Gasteiger partial charge in [-0.3, -0.25) is 4.79 Å². The fourth-order valence-corrected chi connectivity index (χ4v) is 1.63. The van der Waals surface area contributed by atoms with Gasteiger partial charge in [0.05, 0.1) is 19.6 Å². The van der Waals surface area contributed by atoms with Crippen LogP contribution in [-0.4, -0.2) is 42.7 Å². The fraction of sp³-hybridized carbons (Fsp3) is 0.500. The first-order valence-electron chi connectivity index (χ1n) is 6.44. The van der Waals surface area contributed by atoms with Crippen molar-refractivity contribution in [3.05, 3.63) is 29.8 Å². The Balaban J connectivity index is 2.31. The van der Waals surface area contributed by atoms with Crippen molar-refractivity contribution in [2.24, 2.45) is 5.73 Å². The van der Waals surface area contributed by atoms with Crippen LogP contribution in [0.25, 0.3) is 0 Å². The Hall–Kier alpha value is -1.59. The van der Waals surface area contributed by atoms with Crippen molar-refractivity contribution in [1.82, 2.24) is 4.90 Å². The molecule has 0 aliphatic rings. The Morgan fingerprint density at radius 3 is 2.95 bits per heavy atom. The Morgan fingerprint density at radius 1 is 1.47 bits per heavy atom. The third-order valence-corrected chi connectivity index (χ3v) is 2.79. The van der Waals surface area contributed by atoms with E-state index < -0.39 is 0 Å². The minimum Gasteiger partial charge on any atom is -0.493 e. The number of amides is 1. The van der Waals surface area contributed by atoms with Gasteiger partial charge in [-0.1, -0.05) is 12.1 Å². The van der Waals surface area contributed by atoms with E-state index in [0.29, 0.717) is 31.9 Å². The lowest BCUT2D eigenvalue weighted by Crippen LogP contribution is -2.30. The minimum atomic E-state index is -0.0159. The van der Waals surface area contributed by atoms with Gasteiger partial charge in [-0.05, 0) is 30.7 Å². The Morgan fingerprint density at radius 2 is 2.26 bits per heavy atom. The number of carbonyl (C=O) groups excluding carboxylic acids is 1. The monoisotopic (exact) mass is 266 g/mol. The predicted molar refractivity (Wildman–Crippen MR) is 73.8 cm³/mol. The number of aliphatic hydroxyl groups excluding tert-OH is 1. The van der Waals surface area contributed by atoms with Gasteiger partial charge in [-0.15, -0.1) is 0 Å². The van der Waals surface area contributed by atoms with Gasteiger partial charge in [0.1, 0.15) is 5.75 Å². The van der Waals surface area contributed by atoms with Crippen LogP contribution < -0.4 is 10.5 Å². The second-order valence-electron chi connectivity index (χ2n) is 4.36. The quantitative estimate of drug-likeness (QED) is 0.728. The molecule has 0 saturated heterocycles. The normalized spacial score (nSPS) is 10.3. The molecule has 5 heteroatoms. The Labute approximate surface area is 114 Å². The van der Waals surface area contributed by atoms with Crippen LogP contribution >= 0.6 is 0 Å². The molecule has 0 fully saturated rings. The van der Waals surface area contributed by atoms with E-state index in [-0.39, 0.29) is 12.5 Å². The highest BCUT2D eigenvalue weighted by Crippen LogP contribution is 2.13. The van der Waals surface area contributed by atoms with Crippen molar-refractivity contribution in [3.63, 3.8) is 0 Å². The molecule has 3 N–H and O–H groups in total. The summed E-state index contributed by atoms with van der Waals surface area (Å²) in [5, 5.41) is 9.00. The largest absolute Gasteiger partial charge is 0.493 e. The van der Waals surface area contributed by atoms with Gasteiger partial charge in [0.15, 0.2) is 0 Å². The maximum atomic E-state index is 11.7. The number of hydrogen-bond acceptors (Lipinski definition) is 4. The van der Waals surface area contributed by atoms with E-state index in [2.05, 4.69) is 0 Å². The lowest BCUT2D eigenvalue weighted by Gasteiger charge is -2.16. The van der Waals surface area contributed by atoms with Crippen LogP contribution in [0, 0.1) is 0 Å². The molecule has 106 valence electrons. The number of ether oxygens (including phenoxy) is 1. The third kappa shape index (κ3) is 5.72. The van der Waals surface area contributed by atoms with E-state index in [4.69, 9.17) is 15.6 Å². The van der Waals surface area contributed by atoms with Crippen molar-refractivity contribution < 1.29 is 14.6 Å². The second kappa shape index (κ2) is 8.50. The SMILES string of the molecule is CN(CCCN)C(=O)CCOc1cccc(CO)c1. The number of nitrogens with two attached hydrogens (primary N) is 1. The van der Waals surface area contributed by atoms with Crippen molar-refractivity contribution in [3.8, 4) is 5.75 Å². The smallest absolute Gasteiger partial charge is 0.225 e. The number of carbonyl (C=O) groups is 1. The maximum absolute atomic E-state index is 11.7. The Kier molecular flexibility index (Phi) is 6.92. The van der Waals surface area contributed by atoms with E-state index in [1.165, 1.54) is 0 Å². The molecule has 0 atom stereocenters. The zero-order valence-electron chi connectivity index (χ0n) is 11.3. The van der Waals surface area contributed by atoms with Gasteiger partial charge in [-0.25, -0.2) is 0 Å². The molecular formula is C14H22N2O3. The van der Waals surface area contributed by atoms with Crippen molar-refractivity contribution in [1.29, 1.82) is 0 Å². The highest BCUT2D eigenvalue weighted by atomic mass is 16.5. The molecule has 0 saturated carbocycles. The van der Waals surface area contributed by atoms with E-state index in [1.54, 1.807) is 18.0 Å². The fourth-order valence-electron chi connectivity index (χ4n) is 1.63. The van der Waals surface area contributed by atoms with Gasteiger partial charge < -0.3 is 20.5 Å². The molecule has 1 amide bonds. The summed E-state index contributed by atoms with van der Waals surface area (Å²) < 4.78 is 5.49. The maximum Gasteiger partial charge on any atom is 0.225 e. The number of aliphatic hydroxyl groups is 1. The average Bonchev–Trinajstić information content (AvgIpc) is 2.44. The van der Waals surface area contributed by atoms with E-state index in [0.717, 1.165) is 12.0 Å². The summed E-state index contributed by atoms with van der Waals surface area (Å²) in [7, 11) is 1.77. The van der Waals surface area contributed by atoms with Crippen LogP contribution in [-0.2, 0) is 11.4 Å². The molecule has 0 radical (unpaired) electrons. The summed E-state index contributed by atoms with van der Waals surface area (Å²) in [4.78, 5) is 13.4. The Bertz CT molecular complexity index is 396. The number of nitrogens with zero attached hydrogens (tertiary/aromatic N) is 1. The third-order valence-electron chi connectivity index (χ3n) is 2.79. The van der Waals surface area contributed by atoms with Crippen molar-refractivity contribution >= 4 is 5.91 Å². The van der Waals surface area contributed by atoms with E-state index in [1.807, 2.05) is 18.2 Å². The lowest BCUT2D eigenvalue weighted by atomic mass is 10.2. The van der Waals surface area contributed by atoms with Crippen LogP contribution in [0.15, 0.2) is 24.3 Å². The molecule has 19 heavy (non-hydrogen) atoms. The second-order valence-corrected chi connectivity index (χ2v) is 4.36. The highest BCUT2D eigenvalue weighted by Gasteiger charge is 2.08. The number of benzene rings is 1.